The second-order valence-electron chi connectivity index (χ2n) is 10.4. The molecule has 0 saturated carbocycles. The summed E-state index contributed by atoms with van der Waals surface area (Å²) in [7, 11) is -4.94. The van der Waals surface area contributed by atoms with Crippen molar-refractivity contribution < 1.29 is 42.8 Å². The van der Waals surface area contributed by atoms with Gasteiger partial charge in [0.2, 0.25) is 0 Å². The number of benzene rings is 4. The van der Waals surface area contributed by atoms with Gasteiger partial charge in [0.15, 0.2) is 0 Å². The van der Waals surface area contributed by atoms with Crippen LogP contribution in [0.2, 0.25) is 0 Å². The molecule has 5 aromatic rings. The minimum atomic E-state index is -4.94. The number of hydrogen-bond donors (Lipinski definition) is 0. The Hall–Kier alpha value is -5.67. The van der Waals surface area contributed by atoms with E-state index in [-0.39, 0.29) is 0 Å². The number of halogens is 1. The third-order valence-electron chi connectivity index (χ3n) is 6.94. The highest BCUT2D eigenvalue weighted by Crippen LogP contribution is 2.32. The quantitative estimate of drug-likeness (QED) is 0.0957. The second kappa shape index (κ2) is 16.2. The summed E-state index contributed by atoms with van der Waals surface area (Å²) in [5.74, 6) is 3.00. The molecule has 0 spiro atoms. The van der Waals surface area contributed by atoms with E-state index in [1.165, 1.54) is 0 Å². The van der Waals surface area contributed by atoms with Crippen LogP contribution >= 0.6 is 0 Å². The zero-order valence-corrected chi connectivity index (χ0v) is 26.2. The van der Waals surface area contributed by atoms with Gasteiger partial charge in [0.05, 0.1) is 23.3 Å². The lowest BCUT2D eigenvalue weighted by molar-refractivity contribution is -2.00. The van der Waals surface area contributed by atoms with Crippen LogP contribution in [0.3, 0.4) is 0 Å². The fourth-order valence-corrected chi connectivity index (χ4v) is 4.73. The molecule has 0 amide bonds. The molecule has 4 aromatic carbocycles. The van der Waals surface area contributed by atoms with Gasteiger partial charge < -0.3 is 4.74 Å². The van der Waals surface area contributed by atoms with Crippen LogP contribution in [-0.2, 0) is 9.53 Å². The molecule has 0 atom stereocenters. The lowest BCUT2D eigenvalue weighted by Crippen LogP contribution is -2.68. The molecular formula is C40H29ClO7. The summed E-state index contributed by atoms with van der Waals surface area (Å²) in [6, 6.07) is 44.0. The molecule has 1 aliphatic rings. The van der Waals surface area contributed by atoms with Crippen LogP contribution in [0.25, 0.3) is 40.2 Å². The number of aldehydes is 1. The van der Waals surface area contributed by atoms with Crippen molar-refractivity contribution in [2.45, 2.75) is 0 Å². The predicted molar refractivity (Wildman–Crippen MR) is 175 cm³/mol. The van der Waals surface area contributed by atoms with Crippen molar-refractivity contribution in [3.05, 3.63) is 192 Å². The summed E-state index contributed by atoms with van der Waals surface area (Å²) < 4.78 is 46.6. The van der Waals surface area contributed by atoms with E-state index in [4.69, 9.17) is 27.8 Å². The standard InChI is InChI=1S/C40H29O3.ClHO4/c41-29-30(21-23-31-25-37(33-13-5-1-6-14-33)42-38(26-31)34-15-7-2-8-16-34)22-24-32-27-39(35-17-9-3-10-18-35)43-40(28-32)36-19-11-4-12-20-36;2-1(3,4)5/h1-29H;(H,2,3,4,5)/q+1;/p-1. The Bertz CT molecular complexity index is 1850. The number of carbonyl (C=O) groups excluding carboxylic acids is 1. The molecule has 7 nitrogen and oxygen atoms in total. The maximum atomic E-state index is 12.1. The highest BCUT2D eigenvalue weighted by molar-refractivity contribution is 5.82. The maximum Gasteiger partial charge on any atom is 0.361 e. The average molecular weight is 657 g/mol. The Morgan fingerprint density at radius 1 is 0.604 bits per heavy atom. The van der Waals surface area contributed by atoms with E-state index in [9.17, 15) is 4.79 Å². The van der Waals surface area contributed by atoms with Crippen LogP contribution in [0.15, 0.2) is 179 Å². The molecule has 1 aliphatic heterocycles. The van der Waals surface area contributed by atoms with E-state index in [1.54, 1.807) is 0 Å². The van der Waals surface area contributed by atoms with Gasteiger partial charge in [-0.25, -0.2) is 23.1 Å². The van der Waals surface area contributed by atoms with Crippen molar-refractivity contribution in [3.63, 3.8) is 0 Å². The number of carbonyl (C=O) groups is 1. The molecule has 1 aromatic heterocycles. The molecule has 0 aliphatic carbocycles. The monoisotopic (exact) mass is 656 g/mol. The zero-order chi connectivity index (χ0) is 33.8. The first kappa shape index (κ1) is 33.7. The third kappa shape index (κ3) is 10.2. The fourth-order valence-electron chi connectivity index (χ4n) is 4.73. The smallest absolute Gasteiger partial charge is 0.361 e. The summed E-state index contributed by atoms with van der Waals surface area (Å²) in [6.07, 6.45) is 12.4. The molecule has 0 saturated heterocycles. The molecule has 238 valence electrons. The Labute approximate surface area is 280 Å². The first-order valence-electron chi connectivity index (χ1n) is 14.7. The molecule has 0 radical (unpaired) electrons. The topological polar surface area (TPSA) is 130 Å². The number of ether oxygens (including phenoxy) is 1. The van der Waals surface area contributed by atoms with Gasteiger partial charge in [-0.15, -0.1) is 10.2 Å². The van der Waals surface area contributed by atoms with Gasteiger partial charge in [-0.3, -0.25) is 4.79 Å². The van der Waals surface area contributed by atoms with Gasteiger partial charge in [-0.1, -0.05) is 121 Å². The van der Waals surface area contributed by atoms with Crippen molar-refractivity contribution in [2.24, 2.45) is 0 Å². The van der Waals surface area contributed by atoms with Gasteiger partial charge in [-0.2, -0.15) is 0 Å². The largest absolute Gasteiger partial charge is 0.456 e. The minimum absolute atomic E-state index is 0.534. The number of rotatable bonds is 8. The van der Waals surface area contributed by atoms with Gasteiger partial charge in [-0.05, 0) is 47.6 Å². The Kier molecular flexibility index (Phi) is 11.4. The molecule has 0 N–H and O–H groups in total. The lowest BCUT2D eigenvalue weighted by Gasteiger charge is -2.19. The van der Waals surface area contributed by atoms with E-state index in [0.717, 1.165) is 62.7 Å². The van der Waals surface area contributed by atoms with E-state index < -0.39 is 10.2 Å². The molecule has 2 heterocycles. The Morgan fingerprint density at radius 2 is 1.00 bits per heavy atom. The molecule has 0 bridgehead atoms. The van der Waals surface area contributed by atoms with Crippen molar-refractivity contribution in [2.75, 3.05) is 0 Å². The lowest BCUT2D eigenvalue weighted by atomic mass is 10.0. The van der Waals surface area contributed by atoms with E-state index in [0.29, 0.717) is 5.57 Å². The van der Waals surface area contributed by atoms with Crippen molar-refractivity contribution >= 4 is 23.9 Å². The molecule has 0 unspecified atom stereocenters. The van der Waals surface area contributed by atoms with Crippen LogP contribution in [0.4, 0.5) is 0 Å². The van der Waals surface area contributed by atoms with Crippen molar-refractivity contribution in [1.82, 2.24) is 0 Å². The number of hydrogen-bond acceptors (Lipinski definition) is 6. The van der Waals surface area contributed by atoms with Crippen LogP contribution in [-0.4, -0.2) is 6.29 Å². The maximum absolute atomic E-state index is 12.1. The molecular weight excluding hydrogens is 628 g/mol. The summed E-state index contributed by atoms with van der Waals surface area (Å²) in [6.45, 7) is 0. The third-order valence-corrected chi connectivity index (χ3v) is 6.94. The summed E-state index contributed by atoms with van der Waals surface area (Å²) in [5.41, 5.74) is 6.30. The minimum Gasteiger partial charge on any atom is -0.456 e. The molecule has 48 heavy (non-hydrogen) atoms. The summed E-state index contributed by atoms with van der Waals surface area (Å²) in [4.78, 5) is 12.1. The molecule has 6 rings (SSSR count). The fraction of sp³-hybridized carbons (Fsp3) is 0. The first-order valence-corrected chi connectivity index (χ1v) is 16.0. The van der Waals surface area contributed by atoms with Crippen LogP contribution in [0.5, 0.6) is 0 Å². The SMILES string of the molecule is O=CC(=C\C=C1C=C(c2ccccc2)OC(c2ccccc2)=C1)/C=C/c1cc(-c2ccccc2)[o+]c(-c2ccccc2)c1.[O-][Cl+3]([O-])([O-])[O-]. The van der Waals surface area contributed by atoms with Crippen LogP contribution in [0, 0.1) is 10.2 Å². The van der Waals surface area contributed by atoms with Gasteiger partial charge in [0.1, 0.15) is 17.8 Å². The van der Waals surface area contributed by atoms with Gasteiger partial charge in [0.25, 0.3) is 0 Å². The van der Waals surface area contributed by atoms with E-state index in [2.05, 4.69) is 0 Å². The first-order chi connectivity index (χ1) is 23.2. The average Bonchev–Trinajstić information content (AvgIpc) is 3.12. The van der Waals surface area contributed by atoms with Gasteiger partial charge >= 0.3 is 11.5 Å². The normalized spacial score (nSPS) is 13.1. The molecule has 0 fully saturated rings. The summed E-state index contributed by atoms with van der Waals surface area (Å²) in [5, 5.41) is 0. The predicted octanol–water partition coefficient (Wildman–Crippen LogP) is 5.32. The zero-order valence-electron chi connectivity index (χ0n) is 25.5. The highest BCUT2D eigenvalue weighted by atomic mass is 35.7. The summed E-state index contributed by atoms with van der Waals surface area (Å²) >= 11 is 0. The van der Waals surface area contributed by atoms with Crippen LogP contribution < -0.4 is 18.6 Å². The van der Waals surface area contributed by atoms with Gasteiger partial charge in [0, 0.05) is 16.7 Å². The Balaban J connectivity index is 0.000000840. The van der Waals surface area contributed by atoms with Crippen molar-refractivity contribution in [3.8, 4) is 22.6 Å². The highest BCUT2D eigenvalue weighted by Gasteiger charge is 2.19. The molecule has 8 heteroatoms. The van der Waals surface area contributed by atoms with E-state index in [1.807, 2.05) is 170 Å². The number of allylic oxidation sites excluding steroid dienone is 7. The van der Waals surface area contributed by atoms with Crippen LogP contribution in [0.1, 0.15) is 16.7 Å². The van der Waals surface area contributed by atoms with Crippen molar-refractivity contribution in [1.29, 1.82) is 0 Å². The second-order valence-corrected chi connectivity index (χ2v) is 11.1. The van der Waals surface area contributed by atoms with E-state index >= 15 is 0 Å². The Morgan fingerprint density at radius 3 is 1.40 bits per heavy atom.